The summed E-state index contributed by atoms with van der Waals surface area (Å²) >= 11 is 0. The first-order valence-electron chi connectivity index (χ1n) is 6.73. The number of hydrogen-bond acceptors (Lipinski definition) is 3. The molecule has 1 saturated carbocycles. The van der Waals surface area contributed by atoms with Gasteiger partial charge in [0.15, 0.2) is 0 Å². The summed E-state index contributed by atoms with van der Waals surface area (Å²) in [4.78, 5) is 9.57. The average Bonchev–Trinajstić information content (AvgIpc) is 3.09. The molecule has 1 aliphatic carbocycles. The Morgan fingerprint density at radius 3 is 2.00 bits per heavy atom. The minimum atomic E-state index is 0.259. The molecule has 0 radical (unpaired) electrons. The lowest BCUT2D eigenvalue weighted by Crippen LogP contribution is -2.16. The van der Waals surface area contributed by atoms with Crippen LogP contribution in [0.1, 0.15) is 56.4 Å². The molecule has 1 heterocycles. The van der Waals surface area contributed by atoms with Crippen molar-refractivity contribution in [3.63, 3.8) is 0 Å². The maximum absolute atomic E-state index is 5.69. The summed E-state index contributed by atoms with van der Waals surface area (Å²) in [6.45, 7) is 7.28. The van der Waals surface area contributed by atoms with Crippen molar-refractivity contribution >= 4 is 0 Å². The Balaban J connectivity index is 2.46. The summed E-state index contributed by atoms with van der Waals surface area (Å²) < 4.78 is 0. The molecule has 1 aromatic heterocycles. The van der Waals surface area contributed by atoms with Crippen molar-refractivity contribution in [2.45, 2.75) is 58.3 Å². The second-order valence-electron chi connectivity index (χ2n) is 5.23. The van der Waals surface area contributed by atoms with Gasteiger partial charge in [-0.2, -0.15) is 0 Å². The molecular weight excluding hydrogens is 210 g/mol. The van der Waals surface area contributed by atoms with Crippen molar-refractivity contribution in [2.75, 3.05) is 6.54 Å². The molecule has 1 aromatic rings. The maximum Gasteiger partial charge on any atom is 0.134 e. The monoisotopic (exact) mass is 233 g/mol. The largest absolute Gasteiger partial charge is 0.330 e. The van der Waals surface area contributed by atoms with Crippen molar-refractivity contribution in [1.82, 2.24) is 9.97 Å². The van der Waals surface area contributed by atoms with Crippen LogP contribution in [0.4, 0.5) is 0 Å². The minimum absolute atomic E-state index is 0.259. The lowest BCUT2D eigenvalue weighted by molar-refractivity contribution is 0.676. The third-order valence-electron chi connectivity index (χ3n) is 3.78. The quantitative estimate of drug-likeness (QED) is 0.848. The highest BCUT2D eigenvalue weighted by Gasteiger charge is 2.42. The fraction of sp³-hybridized carbons (Fsp3) is 0.714. The molecule has 2 rings (SSSR count). The molecule has 3 heteroatoms. The Kier molecular flexibility index (Phi) is 3.48. The molecule has 17 heavy (non-hydrogen) atoms. The molecule has 1 fully saturated rings. The number of nitrogens with two attached hydrogens (primary N) is 1. The van der Waals surface area contributed by atoms with Crippen molar-refractivity contribution < 1.29 is 0 Å². The van der Waals surface area contributed by atoms with Gasteiger partial charge in [0.1, 0.15) is 5.82 Å². The fourth-order valence-corrected chi connectivity index (χ4v) is 2.28. The van der Waals surface area contributed by atoms with Crippen molar-refractivity contribution in [3.8, 4) is 0 Å². The van der Waals surface area contributed by atoms with Crippen LogP contribution in [0.15, 0.2) is 0 Å². The molecule has 3 nitrogen and oxygen atoms in total. The van der Waals surface area contributed by atoms with E-state index in [1.54, 1.807) is 0 Å². The van der Waals surface area contributed by atoms with Gasteiger partial charge in [-0.25, -0.2) is 9.97 Å². The van der Waals surface area contributed by atoms with Crippen LogP contribution in [0.3, 0.4) is 0 Å². The standard InChI is InChI=1S/C14H23N3/c1-4-11-10(6-9-15)12(5-2)17-13(16-11)14(3)7-8-14/h4-9,15H2,1-3H3. The number of nitrogens with zero attached hydrogens (tertiary/aromatic N) is 2. The van der Waals surface area contributed by atoms with E-state index in [4.69, 9.17) is 15.7 Å². The van der Waals surface area contributed by atoms with Gasteiger partial charge in [0.05, 0.1) is 0 Å². The number of rotatable bonds is 5. The number of aryl methyl sites for hydroxylation is 2. The van der Waals surface area contributed by atoms with Gasteiger partial charge < -0.3 is 5.73 Å². The fourth-order valence-electron chi connectivity index (χ4n) is 2.28. The number of aromatic nitrogens is 2. The van der Waals surface area contributed by atoms with E-state index in [9.17, 15) is 0 Å². The second-order valence-corrected chi connectivity index (χ2v) is 5.23. The van der Waals surface area contributed by atoms with Gasteiger partial charge >= 0.3 is 0 Å². The van der Waals surface area contributed by atoms with E-state index in [0.717, 1.165) is 25.1 Å². The van der Waals surface area contributed by atoms with Crippen LogP contribution in [0.5, 0.6) is 0 Å². The Labute approximate surface area is 104 Å². The van der Waals surface area contributed by atoms with Gasteiger partial charge in [-0.15, -0.1) is 0 Å². The smallest absolute Gasteiger partial charge is 0.134 e. The van der Waals surface area contributed by atoms with E-state index in [-0.39, 0.29) is 5.41 Å². The predicted molar refractivity (Wildman–Crippen MR) is 70.1 cm³/mol. The molecule has 0 atom stereocenters. The van der Waals surface area contributed by atoms with Gasteiger partial charge in [0.2, 0.25) is 0 Å². The topological polar surface area (TPSA) is 51.8 Å². The average molecular weight is 233 g/mol. The Morgan fingerprint density at radius 2 is 1.65 bits per heavy atom. The molecule has 0 spiro atoms. The van der Waals surface area contributed by atoms with Crippen LogP contribution in [-0.4, -0.2) is 16.5 Å². The van der Waals surface area contributed by atoms with Crippen LogP contribution >= 0.6 is 0 Å². The molecule has 0 amide bonds. The van der Waals surface area contributed by atoms with Gasteiger partial charge in [-0.3, -0.25) is 0 Å². The normalized spacial score (nSPS) is 17.2. The van der Waals surface area contributed by atoms with Crippen LogP contribution < -0.4 is 5.73 Å². The summed E-state index contributed by atoms with van der Waals surface area (Å²) in [5, 5.41) is 0. The first-order chi connectivity index (χ1) is 8.14. The summed E-state index contributed by atoms with van der Waals surface area (Å²) in [6, 6.07) is 0. The molecule has 0 aromatic carbocycles. The van der Waals surface area contributed by atoms with E-state index in [2.05, 4.69) is 20.8 Å². The summed E-state index contributed by atoms with van der Waals surface area (Å²) in [6.07, 6.45) is 5.33. The van der Waals surface area contributed by atoms with Gasteiger partial charge in [-0.1, -0.05) is 20.8 Å². The zero-order valence-corrected chi connectivity index (χ0v) is 11.2. The molecule has 0 aliphatic heterocycles. The van der Waals surface area contributed by atoms with Crippen LogP contribution in [-0.2, 0) is 24.7 Å². The molecule has 2 N–H and O–H groups in total. The minimum Gasteiger partial charge on any atom is -0.330 e. The summed E-state index contributed by atoms with van der Waals surface area (Å²) in [5.41, 5.74) is 9.67. The Bertz CT molecular complexity index is 383. The zero-order valence-electron chi connectivity index (χ0n) is 11.2. The van der Waals surface area contributed by atoms with Crippen LogP contribution in [0.25, 0.3) is 0 Å². The lowest BCUT2D eigenvalue weighted by Gasteiger charge is -2.16. The molecule has 1 aliphatic rings. The maximum atomic E-state index is 5.69. The SMILES string of the molecule is CCc1nc(C2(C)CC2)nc(CC)c1CCN. The van der Waals surface area contributed by atoms with Gasteiger partial charge in [0.25, 0.3) is 0 Å². The predicted octanol–water partition coefficient (Wildman–Crippen LogP) is 2.15. The Morgan fingerprint density at radius 1 is 1.12 bits per heavy atom. The summed E-state index contributed by atoms with van der Waals surface area (Å²) in [7, 11) is 0. The second kappa shape index (κ2) is 4.73. The Hall–Kier alpha value is -0.960. The lowest BCUT2D eigenvalue weighted by atomic mass is 10.0. The highest BCUT2D eigenvalue weighted by Crippen LogP contribution is 2.46. The van der Waals surface area contributed by atoms with E-state index in [1.165, 1.54) is 29.8 Å². The van der Waals surface area contributed by atoms with Crippen LogP contribution in [0.2, 0.25) is 0 Å². The first-order valence-corrected chi connectivity index (χ1v) is 6.73. The highest BCUT2D eigenvalue weighted by atomic mass is 14.9. The third-order valence-corrected chi connectivity index (χ3v) is 3.78. The van der Waals surface area contributed by atoms with Crippen molar-refractivity contribution in [1.29, 1.82) is 0 Å². The van der Waals surface area contributed by atoms with E-state index in [1.807, 2.05) is 0 Å². The molecule has 0 unspecified atom stereocenters. The zero-order chi connectivity index (χ0) is 12.5. The van der Waals surface area contributed by atoms with Crippen LogP contribution in [0, 0.1) is 0 Å². The highest BCUT2D eigenvalue weighted by molar-refractivity contribution is 5.30. The molecule has 0 bridgehead atoms. The molecule has 0 saturated heterocycles. The van der Waals surface area contributed by atoms with Gasteiger partial charge in [0, 0.05) is 16.8 Å². The van der Waals surface area contributed by atoms with Gasteiger partial charge in [-0.05, 0) is 44.2 Å². The molecular formula is C14H23N3. The van der Waals surface area contributed by atoms with E-state index in [0.29, 0.717) is 6.54 Å². The number of hydrogen-bond donors (Lipinski definition) is 1. The van der Waals surface area contributed by atoms with E-state index < -0.39 is 0 Å². The van der Waals surface area contributed by atoms with E-state index >= 15 is 0 Å². The first kappa shape index (κ1) is 12.5. The summed E-state index contributed by atoms with van der Waals surface area (Å²) in [5.74, 6) is 1.06. The third kappa shape index (κ3) is 2.34. The molecule has 94 valence electrons. The van der Waals surface area contributed by atoms with Crippen molar-refractivity contribution in [3.05, 3.63) is 22.8 Å². The van der Waals surface area contributed by atoms with Crippen molar-refractivity contribution in [2.24, 2.45) is 5.73 Å².